The first kappa shape index (κ1) is 8.78. The van der Waals surface area contributed by atoms with Crippen LogP contribution in [-0.2, 0) is 0 Å². The molecule has 1 aromatic carbocycles. The van der Waals surface area contributed by atoms with Crippen LogP contribution in [0.4, 0.5) is 4.39 Å². The second kappa shape index (κ2) is 2.97. The second-order valence-electron chi connectivity index (χ2n) is 2.45. The number of ketones is 1. The third kappa shape index (κ3) is 1.47. The Morgan fingerprint density at radius 3 is 2.67 bits per heavy atom. The summed E-state index contributed by atoms with van der Waals surface area (Å²) < 4.78 is 12.6. The number of hydrogen-bond donors (Lipinski definition) is 1. The normalized spacial score (nSPS) is 9.83. The number of benzene rings is 1. The van der Waals surface area contributed by atoms with Crippen LogP contribution in [0.15, 0.2) is 12.1 Å². The molecule has 0 fully saturated rings. The summed E-state index contributed by atoms with van der Waals surface area (Å²) in [5.74, 6) is -1.45. The maximum absolute atomic E-state index is 12.6. The first-order valence-corrected chi connectivity index (χ1v) is 3.31. The van der Waals surface area contributed by atoms with E-state index in [0.29, 0.717) is 0 Å². The van der Waals surface area contributed by atoms with Gasteiger partial charge in [-0.3, -0.25) is 4.79 Å². The minimum absolute atomic E-state index is 0.0360. The molecule has 0 heterocycles. The van der Waals surface area contributed by atoms with E-state index in [4.69, 9.17) is 13.0 Å². The number of carbonyl (C=O) groups is 1. The van der Waals surface area contributed by atoms with Crippen LogP contribution in [0.1, 0.15) is 17.3 Å². The molecule has 0 aliphatic heterocycles. The monoisotopic (exact) mass is 164 g/mol. The van der Waals surface area contributed by atoms with Crippen molar-refractivity contribution in [1.82, 2.24) is 0 Å². The van der Waals surface area contributed by atoms with Crippen LogP contribution in [0.25, 0.3) is 0 Å². The van der Waals surface area contributed by atoms with E-state index in [1.54, 1.807) is 0 Å². The molecule has 2 radical (unpaired) electrons. The van der Waals surface area contributed by atoms with Gasteiger partial charge in [0.2, 0.25) is 0 Å². The smallest absolute Gasteiger partial charge is 0.163 e. The van der Waals surface area contributed by atoms with E-state index < -0.39 is 5.82 Å². The van der Waals surface area contributed by atoms with Gasteiger partial charge in [0.25, 0.3) is 0 Å². The van der Waals surface area contributed by atoms with Crippen molar-refractivity contribution in [3.63, 3.8) is 0 Å². The molecule has 0 aliphatic rings. The highest BCUT2D eigenvalue weighted by molar-refractivity contribution is 6.33. The molecule has 1 rings (SSSR count). The highest BCUT2D eigenvalue weighted by atomic mass is 19.1. The zero-order valence-electron chi connectivity index (χ0n) is 6.47. The van der Waals surface area contributed by atoms with Gasteiger partial charge in [0.05, 0.1) is 5.56 Å². The molecule has 0 amide bonds. The molecule has 0 saturated heterocycles. The Hall–Kier alpha value is -1.32. The Morgan fingerprint density at radius 2 is 2.17 bits per heavy atom. The van der Waals surface area contributed by atoms with Crippen molar-refractivity contribution < 1.29 is 14.3 Å². The van der Waals surface area contributed by atoms with Gasteiger partial charge in [-0.25, -0.2) is 4.39 Å². The van der Waals surface area contributed by atoms with Gasteiger partial charge in [0.15, 0.2) is 5.78 Å². The molecule has 1 aromatic rings. The summed E-state index contributed by atoms with van der Waals surface area (Å²) in [4.78, 5) is 10.8. The van der Waals surface area contributed by atoms with E-state index in [1.807, 2.05) is 0 Å². The number of rotatable bonds is 1. The quantitative estimate of drug-likeness (QED) is 0.485. The fraction of sp³-hybridized carbons (Fsp3) is 0.125. The number of hydrogen-bond acceptors (Lipinski definition) is 2. The molecule has 2 nitrogen and oxygen atoms in total. The van der Waals surface area contributed by atoms with Crippen LogP contribution in [0.3, 0.4) is 0 Å². The molecule has 0 aromatic heterocycles. The zero-order chi connectivity index (χ0) is 9.30. The first-order chi connectivity index (χ1) is 5.52. The third-order valence-electron chi connectivity index (χ3n) is 1.49. The van der Waals surface area contributed by atoms with Gasteiger partial charge in [0.1, 0.15) is 19.4 Å². The molecule has 4 heteroatoms. The number of carbonyl (C=O) groups excluding carboxylic acids is 1. The van der Waals surface area contributed by atoms with Crippen LogP contribution >= 0.6 is 0 Å². The van der Waals surface area contributed by atoms with Crippen LogP contribution in [0, 0.1) is 5.82 Å². The van der Waals surface area contributed by atoms with Crippen molar-refractivity contribution in [1.29, 1.82) is 0 Å². The molecular formula is C8H6BFO2. The van der Waals surface area contributed by atoms with Gasteiger partial charge in [-0.15, -0.1) is 0 Å². The zero-order valence-corrected chi connectivity index (χ0v) is 6.47. The maximum Gasteiger partial charge on any atom is 0.163 e. The summed E-state index contributed by atoms with van der Waals surface area (Å²) in [5.41, 5.74) is -0.105. The van der Waals surface area contributed by atoms with Crippen molar-refractivity contribution in [3.8, 4) is 5.75 Å². The van der Waals surface area contributed by atoms with Gasteiger partial charge >= 0.3 is 0 Å². The number of Topliss-reactive ketones (excluding diaryl/α,β-unsaturated/α-hetero) is 1. The van der Waals surface area contributed by atoms with E-state index in [2.05, 4.69) is 0 Å². The van der Waals surface area contributed by atoms with Crippen LogP contribution < -0.4 is 5.46 Å². The van der Waals surface area contributed by atoms with Gasteiger partial charge in [-0.05, 0) is 6.92 Å². The molecule has 12 heavy (non-hydrogen) atoms. The van der Waals surface area contributed by atoms with Crippen LogP contribution in [0.2, 0.25) is 0 Å². The Labute approximate surface area is 70.4 Å². The SMILES string of the molecule is [B]c1cc(C(C)=O)c(O)cc1F. The topological polar surface area (TPSA) is 37.3 Å². The van der Waals surface area contributed by atoms with Crippen molar-refractivity contribution in [2.24, 2.45) is 0 Å². The fourth-order valence-electron chi connectivity index (χ4n) is 0.861. The highest BCUT2D eigenvalue weighted by Gasteiger charge is 2.08. The largest absolute Gasteiger partial charge is 0.507 e. The van der Waals surface area contributed by atoms with Gasteiger partial charge < -0.3 is 5.11 Å². The molecule has 0 bridgehead atoms. The van der Waals surface area contributed by atoms with Crippen LogP contribution in [-0.4, -0.2) is 18.7 Å². The van der Waals surface area contributed by atoms with Crippen LogP contribution in [0.5, 0.6) is 5.75 Å². The maximum atomic E-state index is 12.6. The first-order valence-electron chi connectivity index (χ1n) is 3.31. The summed E-state index contributed by atoms with van der Waals surface area (Å²) in [7, 11) is 5.19. The summed E-state index contributed by atoms with van der Waals surface area (Å²) >= 11 is 0. The molecule has 0 saturated carbocycles. The number of phenols is 1. The number of aromatic hydroxyl groups is 1. The van der Waals surface area contributed by atoms with E-state index in [0.717, 1.165) is 12.1 Å². The molecule has 60 valence electrons. The molecule has 0 aliphatic carbocycles. The minimum Gasteiger partial charge on any atom is -0.507 e. The van der Waals surface area contributed by atoms with Crippen molar-refractivity contribution in [3.05, 3.63) is 23.5 Å². The highest BCUT2D eigenvalue weighted by Crippen LogP contribution is 2.16. The average Bonchev–Trinajstić information content (AvgIpc) is 1.96. The van der Waals surface area contributed by atoms with Gasteiger partial charge in [0, 0.05) is 6.07 Å². The van der Waals surface area contributed by atoms with Gasteiger partial charge in [-0.2, -0.15) is 0 Å². The summed E-state index contributed by atoms with van der Waals surface area (Å²) in [6.45, 7) is 1.27. The Balaban J connectivity index is 3.33. The molecule has 0 atom stereocenters. The summed E-state index contributed by atoms with van der Waals surface area (Å²) in [5, 5.41) is 9.07. The predicted octanol–water partition coefficient (Wildman–Crippen LogP) is 0.528. The number of halogens is 1. The Kier molecular flexibility index (Phi) is 2.17. The van der Waals surface area contributed by atoms with Crippen molar-refractivity contribution in [2.75, 3.05) is 0 Å². The van der Waals surface area contributed by atoms with Crippen molar-refractivity contribution >= 4 is 19.1 Å². The predicted molar refractivity (Wildman–Crippen MR) is 43.5 cm³/mol. The molecule has 1 N–H and O–H groups in total. The number of phenolic OH excluding ortho intramolecular Hbond substituents is 1. The van der Waals surface area contributed by atoms with E-state index in [1.165, 1.54) is 6.92 Å². The molecule has 0 spiro atoms. The van der Waals surface area contributed by atoms with E-state index in [-0.39, 0.29) is 22.6 Å². The lowest BCUT2D eigenvalue weighted by molar-refractivity contribution is 0.101. The minimum atomic E-state index is -0.725. The van der Waals surface area contributed by atoms with Crippen molar-refractivity contribution in [2.45, 2.75) is 6.92 Å². The molecular weight excluding hydrogens is 158 g/mol. The van der Waals surface area contributed by atoms with E-state index in [9.17, 15) is 9.18 Å². The summed E-state index contributed by atoms with van der Waals surface area (Å²) in [6.07, 6.45) is 0. The fourth-order valence-corrected chi connectivity index (χ4v) is 0.861. The lowest BCUT2D eigenvalue weighted by atomic mass is 9.92. The van der Waals surface area contributed by atoms with Gasteiger partial charge in [-0.1, -0.05) is 11.5 Å². The Bertz CT molecular complexity index is 336. The summed E-state index contributed by atoms with van der Waals surface area (Å²) in [6, 6.07) is 1.94. The Morgan fingerprint density at radius 1 is 1.58 bits per heavy atom. The second-order valence-corrected chi connectivity index (χ2v) is 2.45. The standard InChI is InChI=1S/C8H6BFO2/c1-4(11)5-2-6(9)7(10)3-8(5)12/h2-3,12H,1H3. The molecule has 0 unspecified atom stereocenters. The average molecular weight is 164 g/mol. The lowest BCUT2D eigenvalue weighted by Gasteiger charge is -2.02. The van der Waals surface area contributed by atoms with E-state index >= 15 is 0 Å². The third-order valence-corrected chi connectivity index (χ3v) is 1.49. The lowest BCUT2D eigenvalue weighted by Crippen LogP contribution is -2.10.